The molecule has 568 valence electrons. The van der Waals surface area contributed by atoms with Crippen LogP contribution in [-0.4, -0.2) is 138 Å². The molecule has 0 aliphatic rings. The van der Waals surface area contributed by atoms with Crippen LogP contribution in [-0.2, 0) is 0 Å². The lowest BCUT2D eigenvalue weighted by atomic mass is 10.0. The van der Waals surface area contributed by atoms with E-state index in [9.17, 15) is 20.4 Å². The van der Waals surface area contributed by atoms with Gasteiger partial charge in [-0.1, -0.05) is 420 Å². The molecule has 1 unspecified atom stereocenters. The third kappa shape index (κ3) is 75.9. The Morgan fingerprint density at radius 2 is 0.309 bits per heavy atom. The summed E-state index contributed by atoms with van der Waals surface area (Å²) in [7, 11) is 0. The Balaban J connectivity index is 0. The lowest BCUT2D eigenvalue weighted by Crippen LogP contribution is -2.50. The molecule has 0 aliphatic carbocycles. The van der Waals surface area contributed by atoms with Crippen LogP contribution >= 0.6 is 0 Å². The monoisotopic (exact) mass is 1330 g/mol. The highest BCUT2D eigenvalue weighted by Crippen LogP contribution is 2.21. The van der Waals surface area contributed by atoms with Gasteiger partial charge < -0.3 is 25.3 Å². The van der Waals surface area contributed by atoms with E-state index in [4.69, 9.17) is 0 Å². The first kappa shape index (κ1) is 95.7. The van der Waals surface area contributed by atoms with Crippen LogP contribution < -0.4 is 0 Å². The van der Waals surface area contributed by atoms with Crippen LogP contribution in [0.3, 0.4) is 0 Å². The number of hydrogen-bond acceptors (Lipinski definition) is 8. The molecule has 0 aromatic heterocycles. The van der Waals surface area contributed by atoms with Gasteiger partial charge in [-0.15, -0.1) is 0 Å². The second kappa shape index (κ2) is 86.9. The van der Waals surface area contributed by atoms with E-state index >= 15 is 0 Å². The maximum Gasteiger partial charge on any atom is 0.0621 e. The lowest BCUT2D eigenvalue weighted by molar-refractivity contribution is 0.0154. The molecule has 0 radical (unpaired) electrons. The van der Waals surface area contributed by atoms with Crippen molar-refractivity contribution in [2.45, 2.75) is 465 Å². The first-order chi connectivity index (χ1) is 46.5. The van der Waals surface area contributed by atoms with Crippen molar-refractivity contribution in [3.8, 4) is 0 Å². The minimum Gasteiger partial charge on any atom is -0.395 e. The number of aliphatic hydroxyl groups excluding tert-OH is 4. The number of nitrogens with zero attached hydrogens (tertiary/aromatic N) is 4. The van der Waals surface area contributed by atoms with E-state index < -0.39 is 0 Å². The van der Waals surface area contributed by atoms with Crippen molar-refractivity contribution < 1.29 is 20.4 Å². The molecule has 0 bridgehead atoms. The fraction of sp³-hybridized carbons (Fsp3) is 1.00. The molecule has 0 spiro atoms. The molecule has 0 saturated carbocycles. The first-order valence-electron chi connectivity index (χ1n) is 43.9. The Morgan fingerprint density at radius 1 is 0.160 bits per heavy atom. The molecule has 0 amide bonds. The molecule has 1 atom stereocenters. The molecule has 0 heterocycles. The highest BCUT2D eigenvalue weighted by atomic mass is 16.3. The maximum atomic E-state index is 9.70. The van der Waals surface area contributed by atoms with Crippen molar-refractivity contribution in [1.82, 2.24) is 19.6 Å². The van der Waals surface area contributed by atoms with Gasteiger partial charge in [0.05, 0.1) is 32.6 Å². The van der Waals surface area contributed by atoms with Gasteiger partial charge in [0.25, 0.3) is 0 Å². The van der Waals surface area contributed by atoms with Crippen LogP contribution in [0.4, 0.5) is 0 Å². The number of hydrogen-bond donors (Lipinski definition) is 4. The van der Waals surface area contributed by atoms with E-state index in [1.54, 1.807) is 0 Å². The minimum absolute atomic E-state index is 0.169. The Hall–Kier alpha value is -0.320. The maximum absolute atomic E-state index is 9.70. The second-order valence-corrected chi connectivity index (χ2v) is 30.1. The molecule has 0 aromatic carbocycles. The largest absolute Gasteiger partial charge is 0.395 e. The van der Waals surface area contributed by atoms with Crippen molar-refractivity contribution in [3.05, 3.63) is 0 Å². The van der Waals surface area contributed by atoms with Crippen LogP contribution in [0, 0.1) is 0 Å². The summed E-state index contributed by atoms with van der Waals surface area (Å²) in [5.74, 6) is 0. The highest BCUT2D eigenvalue weighted by Gasteiger charge is 2.23. The van der Waals surface area contributed by atoms with Gasteiger partial charge >= 0.3 is 0 Å². The lowest BCUT2D eigenvalue weighted by Gasteiger charge is -2.39. The molecular formula is C86H180N4O4. The Bertz CT molecular complexity index is 1210. The fourth-order valence-corrected chi connectivity index (χ4v) is 14.8. The summed E-state index contributed by atoms with van der Waals surface area (Å²) in [6.45, 7) is 21.8. The smallest absolute Gasteiger partial charge is 0.0621 e. The van der Waals surface area contributed by atoms with E-state index in [2.05, 4.69) is 54.2 Å². The van der Waals surface area contributed by atoms with E-state index in [1.807, 2.05) is 0 Å². The predicted octanol–water partition coefficient (Wildman–Crippen LogP) is 25.3. The molecule has 0 rings (SSSR count). The predicted molar refractivity (Wildman–Crippen MR) is 421 cm³/mol. The summed E-state index contributed by atoms with van der Waals surface area (Å²) in [5, 5.41) is 38.1. The molecule has 8 heteroatoms. The van der Waals surface area contributed by atoms with Crippen molar-refractivity contribution in [1.29, 1.82) is 0 Å². The van der Waals surface area contributed by atoms with Crippen molar-refractivity contribution >= 4 is 0 Å². The molecule has 4 N–H and O–H groups in total. The third-order valence-corrected chi connectivity index (χ3v) is 21.0. The van der Waals surface area contributed by atoms with Crippen LogP contribution in [0.2, 0.25) is 0 Å². The molecule has 94 heavy (non-hydrogen) atoms. The summed E-state index contributed by atoms with van der Waals surface area (Å²) >= 11 is 0. The summed E-state index contributed by atoms with van der Waals surface area (Å²) in [4.78, 5) is 9.95. The van der Waals surface area contributed by atoms with Gasteiger partial charge in [-0.25, -0.2) is 0 Å². The zero-order chi connectivity index (χ0) is 68.5. The molecule has 0 saturated heterocycles. The second-order valence-electron chi connectivity index (χ2n) is 30.1. The highest BCUT2D eigenvalue weighted by molar-refractivity contribution is 4.74. The van der Waals surface area contributed by atoms with Crippen molar-refractivity contribution in [2.24, 2.45) is 0 Å². The third-order valence-electron chi connectivity index (χ3n) is 21.0. The number of rotatable bonds is 83. The average Bonchev–Trinajstić information content (AvgIpc) is 1.68. The SMILES string of the molecule is CCCCCCCCCCCCCCCCCCN(CCCCCCCCCCCCCCCCCC)C(CC)N(CCO)CCO.CCCCCCCCCCCCCCCCCCN(CCCCCCCCCCCCCCCCCC)CCCN(CCO)CCO. The summed E-state index contributed by atoms with van der Waals surface area (Å²) in [5.41, 5.74) is 0. The zero-order valence-corrected chi connectivity index (χ0v) is 65.7. The summed E-state index contributed by atoms with van der Waals surface area (Å²) in [6.07, 6.45) is 93.5. The van der Waals surface area contributed by atoms with Crippen molar-refractivity contribution in [2.75, 3.05) is 91.9 Å². The van der Waals surface area contributed by atoms with Gasteiger partial charge in [0.2, 0.25) is 0 Å². The van der Waals surface area contributed by atoms with Crippen LogP contribution in [0.25, 0.3) is 0 Å². The summed E-state index contributed by atoms with van der Waals surface area (Å²) in [6, 6.07) is 0. The zero-order valence-electron chi connectivity index (χ0n) is 65.7. The van der Waals surface area contributed by atoms with E-state index in [1.165, 1.54) is 424 Å². The Morgan fingerprint density at radius 3 is 0.489 bits per heavy atom. The molecular weight excluding hydrogens is 1150 g/mol. The molecule has 8 nitrogen and oxygen atoms in total. The van der Waals surface area contributed by atoms with E-state index in [-0.39, 0.29) is 26.4 Å². The van der Waals surface area contributed by atoms with Crippen LogP contribution in [0.1, 0.15) is 458 Å². The molecule has 0 aliphatic heterocycles. The number of unbranched alkanes of at least 4 members (excludes halogenated alkanes) is 60. The average molecular weight is 1330 g/mol. The van der Waals surface area contributed by atoms with Crippen LogP contribution in [0.15, 0.2) is 0 Å². The van der Waals surface area contributed by atoms with Crippen LogP contribution in [0.5, 0.6) is 0 Å². The standard InChI is InChI=1S/2C43H90N2O2/c1-4-7-9-11-13-15-17-19-21-23-25-27-29-31-33-35-37-44(43(6-3)45(39-41-46)40-42-47)38-36-34-32-30-28-26-24-22-20-18-16-14-12-10-8-5-2;1-3-5-7-9-11-13-15-17-19-21-23-25-27-29-31-33-36-44(38-35-39-45(40-42-46)41-43-47)37-34-32-30-28-26-24-22-20-18-16-14-12-10-8-6-4-2/h43,46-47H,4-42H2,1-3H3;46-47H,3-43H2,1-2H3. The van der Waals surface area contributed by atoms with Crippen molar-refractivity contribution in [3.63, 3.8) is 0 Å². The van der Waals surface area contributed by atoms with E-state index in [0.717, 1.165) is 39.0 Å². The Labute approximate surface area is 593 Å². The molecule has 0 aromatic rings. The van der Waals surface area contributed by atoms with Gasteiger partial charge in [-0.05, 0) is 77.8 Å². The molecule has 0 fully saturated rings. The van der Waals surface area contributed by atoms with Gasteiger partial charge in [-0.3, -0.25) is 14.7 Å². The van der Waals surface area contributed by atoms with Gasteiger partial charge in [0.1, 0.15) is 0 Å². The quantitative estimate of drug-likeness (QED) is 0.0354. The Kier molecular flexibility index (Phi) is 88.5. The van der Waals surface area contributed by atoms with Gasteiger partial charge in [0.15, 0.2) is 0 Å². The topological polar surface area (TPSA) is 93.9 Å². The number of aliphatic hydroxyl groups is 4. The van der Waals surface area contributed by atoms with Gasteiger partial charge in [-0.2, -0.15) is 0 Å². The minimum atomic E-state index is 0.169. The first-order valence-corrected chi connectivity index (χ1v) is 43.9. The fourth-order valence-electron chi connectivity index (χ4n) is 14.8. The van der Waals surface area contributed by atoms with E-state index in [0.29, 0.717) is 32.3 Å². The van der Waals surface area contributed by atoms with Gasteiger partial charge in [0, 0.05) is 26.2 Å². The summed E-state index contributed by atoms with van der Waals surface area (Å²) < 4.78 is 0. The normalized spacial score (nSPS) is 12.2.